The minimum Gasteiger partial charge on any atom is -0.251 e. The topological polar surface area (TPSA) is 72.0 Å². The molecule has 0 saturated heterocycles. The van der Waals surface area contributed by atoms with Crippen LogP contribution in [0.1, 0.15) is 6.42 Å². The third kappa shape index (κ3) is 4.63. The largest absolute Gasteiger partial charge is 0.251 e. The number of anilines is 1. The molecule has 0 unspecified atom stereocenters. The average Bonchev–Trinajstić information content (AvgIpc) is 2.14. The Morgan fingerprint density at radius 3 is 2.80 bits per heavy atom. The highest BCUT2D eigenvalue weighted by Gasteiger charge is 2.11. The van der Waals surface area contributed by atoms with E-state index in [1.54, 1.807) is 0 Å². The van der Waals surface area contributed by atoms with E-state index in [9.17, 15) is 8.42 Å². The molecule has 0 atom stereocenters. The first-order valence-corrected chi connectivity index (χ1v) is 6.65. The lowest BCUT2D eigenvalue weighted by molar-refractivity contribution is 0.599. The third-order valence-electron chi connectivity index (χ3n) is 1.42. The van der Waals surface area contributed by atoms with E-state index in [1.165, 1.54) is 12.3 Å². The number of halogens is 2. The van der Waals surface area contributed by atoms with Gasteiger partial charge in [0.05, 0.1) is 5.75 Å². The summed E-state index contributed by atoms with van der Waals surface area (Å²) in [6, 6.07) is 1.46. The van der Waals surface area contributed by atoms with Crippen molar-refractivity contribution in [2.45, 2.75) is 6.42 Å². The number of aromatic nitrogens is 2. The summed E-state index contributed by atoms with van der Waals surface area (Å²) < 4.78 is 25.0. The molecule has 15 heavy (non-hydrogen) atoms. The van der Waals surface area contributed by atoms with Gasteiger partial charge in [-0.2, -0.15) is 0 Å². The van der Waals surface area contributed by atoms with Crippen LogP contribution >= 0.6 is 23.2 Å². The molecule has 0 spiro atoms. The Kier molecular flexibility index (Phi) is 4.56. The second-order valence-electron chi connectivity index (χ2n) is 2.67. The van der Waals surface area contributed by atoms with Gasteiger partial charge in [0.15, 0.2) is 0 Å². The van der Waals surface area contributed by atoms with Crippen LogP contribution in [0.25, 0.3) is 0 Å². The molecule has 1 heterocycles. The van der Waals surface area contributed by atoms with E-state index in [0.29, 0.717) is 6.42 Å². The molecule has 1 rings (SSSR count). The van der Waals surface area contributed by atoms with Crippen molar-refractivity contribution in [3.63, 3.8) is 0 Å². The van der Waals surface area contributed by atoms with Gasteiger partial charge in [0.25, 0.3) is 0 Å². The molecule has 0 fully saturated rings. The van der Waals surface area contributed by atoms with Crippen molar-refractivity contribution in [1.82, 2.24) is 9.97 Å². The molecule has 1 aromatic rings. The maximum Gasteiger partial charge on any atom is 0.237 e. The minimum atomic E-state index is -3.43. The zero-order chi connectivity index (χ0) is 11.3. The highest BCUT2D eigenvalue weighted by molar-refractivity contribution is 7.92. The first kappa shape index (κ1) is 12.5. The van der Waals surface area contributed by atoms with Gasteiger partial charge >= 0.3 is 0 Å². The number of alkyl halides is 1. The Morgan fingerprint density at radius 2 is 2.20 bits per heavy atom. The molecule has 0 radical (unpaired) electrons. The highest BCUT2D eigenvalue weighted by Crippen LogP contribution is 2.07. The van der Waals surface area contributed by atoms with Gasteiger partial charge < -0.3 is 0 Å². The fourth-order valence-electron chi connectivity index (χ4n) is 0.821. The second kappa shape index (κ2) is 5.48. The molecule has 0 aliphatic rings. The fraction of sp³-hybridized carbons (Fsp3) is 0.429. The average molecular weight is 270 g/mol. The first-order chi connectivity index (χ1) is 7.03. The molecule has 84 valence electrons. The van der Waals surface area contributed by atoms with Gasteiger partial charge in [-0.1, -0.05) is 11.6 Å². The maximum absolute atomic E-state index is 11.4. The fourth-order valence-corrected chi connectivity index (χ4v) is 2.25. The monoisotopic (exact) mass is 269 g/mol. The molecule has 0 bridgehead atoms. The molecule has 0 amide bonds. The van der Waals surface area contributed by atoms with Gasteiger partial charge in [-0.05, 0) is 12.5 Å². The Balaban J connectivity index is 2.69. The van der Waals surface area contributed by atoms with Crippen LogP contribution in [0.3, 0.4) is 0 Å². The van der Waals surface area contributed by atoms with E-state index >= 15 is 0 Å². The highest BCUT2D eigenvalue weighted by atomic mass is 35.5. The Hall–Kier alpha value is -0.590. The summed E-state index contributed by atoms with van der Waals surface area (Å²) in [7, 11) is -3.43. The summed E-state index contributed by atoms with van der Waals surface area (Å²) in [5, 5.41) is 0.181. The van der Waals surface area contributed by atoms with E-state index in [1.807, 2.05) is 0 Å². The van der Waals surface area contributed by atoms with Gasteiger partial charge in [0, 0.05) is 12.1 Å². The van der Waals surface area contributed by atoms with Crippen molar-refractivity contribution in [3.8, 4) is 0 Å². The van der Waals surface area contributed by atoms with Crippen molar-refractivity contribution in [2.75, 3.05) is 16.4 Å². The van der Waals surface area contributed by atoms with Crippen LogP contribution in [0.4, 0.5) is 5.95 Å². The smallest absolute Gasteiger partial charge is 0.237 e. The van der Waals surface area contributed by atoms with Gasteiger partial charge in [-0.3, -0.25) is 4.72 Å². The molecule has 0 aromatic carbocycles. The van der Waals surface area contributed by atoms with Crippen molar-refractivity contribution in [1.29, 1.82) is 0 Å². The number of hydrogen-bond donors (Lipinski definition) is 1. The predicted octanol–water partition coefficient (Wildman–Crippen LogP) is 1.50. The summed E-state index contributed by atoms with van der Waals surface area (Å²) in [5.74, 6) is 0.195. The predicted molar refractivity (Wildman–Crippen MR) is 59.8 cm³/mol. The van der Waals surface area contributed by atoms with Crippen molar-refractivity contribution in [2.24, 2.45) is 0 Å². The zero-order valence-corrected chi connectivity index (χ0v) is 9.98. The van der Waals surface area contributed by atoms with E-state index < -0.39 is 10.0 Å². The zero-order valence-electron chi connectivity index (χ0n) is 7.65. The van der Waals surface area contributed by atoms with Gasteiger partial charge in [0.2, 0.25) is 16.0 Å². The van der Waals surface area contributed by atoms with E-state index in [2.05, 4.69) is 14.7 Å². The SMILES string of the molecule is O=S(=O)(CCCCl)Nc1nccc(Cl)n1. The molecular formula is C7H9Cl2N3O2S. The Bertz CT molecular complexity index is 424. The van der Waals surface area contributed by atoms with Crippen LogP contribution < -0.4 is 4.72 Å². The normalized spacial score (nSPS) is 11.3. The Morgan fingerprint density at radius 1 is 1.47 bits per heavy atom. The summed E-state index contributed by atoms with van der Waals surface area (Å²) in [4.78, 5) is 7.41. The molecule has 0 aliphatic carbocycles. The second-order valence-corrected chi connectivity index (χ2v) is 5.27. The van der Waals surface area contributed by atoms with E-state index in [4.69, 9.17) is 23.2 Å². The van der Waals surface area contributed by atoms with Crippen LogP contribution in [0, 0.1) is 0 Å². The van der Waals surface area contributed by atoms with Crippen LogP contribution in [0.2, 0.25) is 5.15 Å². The van der Waals surface area contributed by atoms with Gasteiger partial charge in [-0.25, -0.2) is 18.4 Å². The number of nitrogens with zero attached hydrogens (tertiary/aromatic N) is 2. The lowest BCUT2D eigenvalue weighted by atomic mass is 10.6. The van der Waals surface area contributed by atoms with Crippen molar-refractivity contribution in [3.05, 3.63) is 17.4 Å². The third-order valence-corrected chi connectivity index (χ3v) is 3.21. The molecule has 1 aromatic heterocycles. The van der Waals surface area contributed by atoms with E-state index in [0.717, 1.165) is 0 Å². The number of hydrogen-bond acceptors (Lipinski definition) is 4. The van der Waals surface area contributed by atoms with Crippen molar-refractivity contribution >= 4 is 39.2 Å². The van der Waals surface area contributed by atoms with Crippen LogP contribution in [0.15, 0.2) is 12.3 Å². The molecule has 1 N–H and O–H groups in total. The molecule has 0 saturated carbocycles. The quantitative estimate of drug-likeness (QED) is 0.650. The van der Waals surface area contributed by atoms with Crippen LogP contribution in [-0.2, 0) is 10.0 Å². The number of rotatable bonds is 5. The van der Waals surface area contributed by atoms with Crippen LogP contribution in [0.5, 0.6) is 0 Å². The molecule has 8 heteroatoms. The molecular weight excluding hydrogens is 261 g/mol. The molecule has 0 aliphatic heterocycles. The van der Waals surface area contributed by atoms with Gasteiger partial charge in [0.1, 0.15) is 5.15 Å². The molecule has 5 nitrogen and oxygen atoms in total. The standard InChI is InChI=1S/C7H9Cl2N3O2S/c8-3-1-5-15(13,14)12-7-10-4-2-6(9)11-7/h2,4H,1,3,5H2,(H,10,11,12). The van der Waals surface area contributed by atoms with Gasteiger partial charge in [-0.15, -0.1) is 11.6 Å². The first-order valence-electron chi connectivity index (χ1n) is 4.08. The Labute approximate surface area is 97.9 Å². The van der Waals surface area contributed by atoms with Crippen molar-refractivity contribution < 1.29 is 8.42 Å². The number of nitrogens with one attached hydrogen (secondary N) is 1. The lowest BCUT2D eigenvalue weighted by Gasteiger charge is -2.04. The summed E-state index contributed by atoms with van der Waals surface area (Å²) in [6.07, 6.45) is 1.74. The lowest BCUT2D eigenvalue weighted by Crippen LogP contribution is -2.18. The summed E-state index contributed by atoms with van der Waals surface area (Å²) in [5.41, 5.74) is 0. The maximum atomic E-state index is 11.4. The van der Waals surface area contributed by atoms with E-state index in [-0.39, 0.29) is 22.7 Å². The minimum absolute atomic E-state index is 0.0305. The summed E-state index contributed by atoms with van der Waals surface area (Å²) in [6.45, 7) is 0. The summed E-state index contributed by atoms with van der Waals surface area (Å²) >= 11 is 11.0. The number of sulfonamides is 1. The van der Waals surface area contributed by atoms with Crippen LogP contribution in [-0.4, -0.2) is 30.0 Å².